The number of rotatable bonds is 4. The van der Waals surface area contributed by atoms with Gasteiger partial charge in [-0.2, -0.15) is 0 Å². The molecule has 0 spiro atoms. The lowest BCUT2D eigenvalue weighted by Gasteiger charge is -2.26. The molecule has 128 valence electrons. The third kappa shape index (κ3) is 3.89. The van der Waals surface area contributed by atoms with Crippen molar-refractivity contribution in [2.45, 2.75) is 45.1 Å². The van der Waals surface area contributed by atoms with E-state index >= 15 is 0 Å². The monoisotopic (exact) mass is 327 g/mol. The van der Waals surface area contributed by atoms with Gasteiger partial charge in [0.25, 0.3) is 0 Å². The smallest absolute Gasteiger partial charge is 0.186 e. The van der Waals surface area contributed by atoms with Crippen LogP contribution in [0.2, 0.25) is 0 Å². The van der Waals surface area contributed by atoms with E-state index in [1.54, 1.807) is 7.11 Å². The van der Waals surface area contributed by atoms with Gasteiger partial charge in [0, 0.05) is 6.42 Å². The van der Waals surface area contributed by atoms with Gasteiger partial charge in [-0.3, -0.25) is 0 Å². The van der Waals surface area contributed by atoms with Crippen molar-refractivity contribution >= 4 is 5.69 Å². The van der Waals surface area contributed by atoms with E-state index in [2.05, 4.69) is 24.3 Å². The summed E-state index contributed by atoms with van der Waals surface area (Å²) in [6, 6.07) is 18.4. The van der Waals surface area contributed by atoms with Gasteiger partial charge in [0.2, 0.25) is 0 Å². The minimum absolute atomic E-state index is 0.102. The van der Waals surface area contributed by atoms with Crippen LogP contribution in [0.15, 0.2) is 54.6 Å². The molecule has 0 unspecified atom stereocenters. The third-order valence-electron chi connectivity index (χ3n) is 3.93. The first kappa shape index (κ1) is 16.8. The molecular formula is C20H25NO3. The van der Waals surface area contributed by atoms with Crippen molar-refractivity contribution in [3.8, 4) is 5.75 Å². The maximum atomic E-state index is 6.13. The fraction of sp³-hybridized carbons (Fsp3) is 0.400. The second-order valence-electron chi connectivity index (χ2n) is 6.95. The SMILES string of the molecule is COc1ccc([C@@H]2C[C@H](OC(C)(C)C)ON2c2ccccc2)cc1. The molecule has 0 amide bonds. The van der Waals surface area contributed by atoms with Crippen LogP contribution < -0.4 is 9.80 Å². The second kappa shape index (κ2) is 6.83. The maximum Gasteiger partial charge on any atom is 0.186 e. The summed E-state index contributed by atoms with van der Waals surface area (Å²) in [6.45, 7) is 6.14. The van der Waals surface area contributed by atoms with E-state index in [4.69, 9.17) is 14.3 Å². The van der Waals surface area contributed by atoms with Crippen LogP contribution >= 0.6 is 0 Å². The minimum atomic E-state index is -0.266. The van der Waals surface area contributed by atoms with Crippen molar-refractivity contribution in [3.63, 3.8) is 0 Å². The van der Waals surface area contributed by atoms with E-state index in [1.807, 2.05) is 56.2 Å². The maximum absolute atomic E-state index is 6.13. The number of hydroxylamine groups is 1. The largest absolute Gasteiger partial charge is 0.497 e. The third-order valence-corrected chi connectivity index (χ3v) is 3.93. The Hall–Kier alpha value is -2.04. The number of anilines is 1. The van der Waals surface area contributed by atoms with Crippen molar-refractivity contribution < 1.29 is 14.3 Å². The van der Waals surface area contributed by atoms with Crippen LogP contribution in [-0.4, -0.2) is 19.0 Å². The number of benzene rings is 2. The number of nitrogens with zero attached hydrogens (tertiary/aromatic N) is 1. The Morgan fingerprint density at radius 3 is 2.25 bits per heavy atom. The summed E-state index contributed by atoms with van der Waals surface area (Å²) in [5, 5.41) is 1.96. The summed E-state index contributed by atoms with van der Waals surface area (Å²) >= 11 is 0. The van der Waals surface area contributed by atoms with Crippen LogP contribution in [0.5, 0.6) is 5.75 Å². The Morgan fingerprint density at radius 1 is 1.00 bits per heavy atom. The van der Waals surface area contributed by atoms with Crippen molar-refractivity contribution in [2.75, 3.05) is 12.2 Å². The average molecular weight is 327 g/mol. The first-order chi connectivity index (χ1) is 11.5. The molecule has 0 saturated carbocycles. The quantitative estimate of drug-likeness (QED) is 0.813. The molecule has 0 N–H and O–H groups in total. The minimum Gasteiger partial charge on any atom is -0.497 e. The summed E-state index contributed by atoms with van der Waals surface area (Å²) in [5.41, 5.74) is 1.96. The fourth-order valence-corrected chi connectivity index (χ4v) is 2.90. The lowest BCUT2D eigenvalue weighted by atomic mass is 10.0. The van der Waals surface area contributed by atoms with Crippen LogP contribution in [0.4, 0.5) is 5.69 Å². The molecule has 2 aromatic rings. The second-order valence-corrected chi connectivity index (χ2v) is 6.95. The summed E-state index contributed by atoms with van der Waals surface area (Å²) in [4.78, 5) is 6.13. The summed E-state index contributed by atoms with van der Waals surface area (Å²) < 4.78 is 11.3. The van der Waals surface area contributed by atoms with Crippen LogP contribution in [0.25, 0.3) is 0 Å². The van der Waals surface area contributed by atoms with E-state index in [-0.39, 0.29) is 17.9 Å². The van der Waals surface area contributed by atoms with E-state index in [0.717, 1.165) is 17.9 Å². The van der Waals surface area contributed by atoms with Gasteiger partial charge in [-0.1, -0.05) is 30.3 Å². The molecule has 1 aliphatic rings. The van der Waals surface area contributed by atoms with Crippen LogP contribution in [0, 0.1) is 0 Å². The summed E-state index contributed by atoms with van der Waals surface area (Å²) in [6.07, 6.45) is 0.510. The Balaban J connectivity index is 1.87. The molecule has 1 heterocycles. The molecule has 0 aromatic heterocycles. The van der Waals surface area contributed by atoms with E-state index in [9.17, 15) is 0 Å². The van der Waals surface area contributed by atoms with Gasteiger partial charge in [-0.05, 0) is 50.6 Å². The zero-order valence-electron chi connectivity index (χ0n) is 14.7. The molecule has 0 radical (unpaired) electrons. The molecule has 1 saturated heterocycles. The number of methoxy groups -OCH3 is 1. The van der Waals surface area contributed by atoms with Gasteiger partial charge in [-0.15, -0.1) is 0 Å². The molecule has 4 nitrogen and oxygen atoms in total. The predicted octanol–water partition coefficient (Wildman–Crippen LogP) is 4.72. The normalized spacial score (nSPS) is 21.1. The first-order valence-electron chi connectivity index (χ1n) is 8.29. The Labute approximate surface area is 143 Å². The van der Waals surface area contributed by atoms with E-state index in [0.29, 0.717) is 0 Å². The van der Waals surface area contributed by atoms with Gasteiger partial charge in [0.05, 0.1) is 24.4 Å². The zero-order chi connectivity index (χ0) is 17.2. The van der Waals surface area contributed by atoms with Crippen LogP contribution in [-0.2, 0) is 9.57 Å². The number of para-hydroxylation sites is 1. The molecule has 2 aromatic carbocycles. The summed E-state index contributed by atoms with van der Waals surface area (Å²) in [5.74, 6) is 0.853. The number of hydrogen-bond donors (Lipinski definition) is 0. The number of ether oxygens (including phenoxy) is 2. The van der Waals surface area contributed by atoms with Crippen LogP contribution in [0.3, 0.4) is 0 Å². The predicted molar refractivity (Wildman–Crippen MR) is 95.0 cm³/mol. The van der Waals surface area contributed by atoms with E-state index < -0.39 is 0 Å². The van der Waals surface area contributed by atoms with Crippen molar-refractivity contribution in [1.82, 2.24) is 0 Å². The van der Waals surface area contributed by atoms with Gasteiger partial charge in [0.1, 0.15) is 5.75 Å². The highest BCUT2D eigenvalue weighted by Gasteiger charge is 2.37. The lowest BCUT2D eigenvalue weighted by molar-refractivity contribution is -0.176. The van der Waals surface area contributed by atoms with Gasteiger partial charge >= 0.3 is 0 Å². The van der Waals surface area contributed by atoms with Crippen LogP contribution in [0.1, 0.15) is 38.8 Å². The molecule has 24 heavy (non-hydrogen) atoms. The van der Waals surface area contributed by atoms with Crippen molar-refractivity contribution in [2.24, 2.45) is 0 Å². The molecule has 0 bridgehead atoms. The highest BCUT2D eigenvalue weighted by atomic mass is 16.8. The van der Waals surface area contributed by atoms with Crippen molar-refractivity contribution in [1.29, 1.82) is 0 Å². The average Bonchev–Trinajstić information content (AvgIpc) is 2.97. The Kier molecular flexibility index (Phi) is 4.78. The van der Waals surface area contributed by atoms with Gasteiger partial charge < -0.3 is 9.47 Å². The van der Waals surface area contributed by atoms with E-state index in [1.165, 1.54) is 5.56 Å². The molecule has 1 fully saturated rings. The molecule has 4 heteroatoms. The molecular weight excluding hydrogens is 302 g/mol. The van der Waals surface area contributed by atoms with Gasteiger partial charge in [0.15, 0.2) is 6.29 Å². The van der Waals surface area contributed by atoms with Crippen molar-refractivity contribution in [3.05, 3.63) is 60.2 Å². The zero-order valence-corrected chi connectivity index (χ0v) is 14.7. The number of hydrogen-bond acceptors (Lipinski definition) is 4. The van der Waals surface area contributed by atoms with Gasteiger partial charge in [-0.25, -0.2) is 9.90 Å². The topological polar surface area (TPSA) is 30.9 Å². The summed E-state index contributed by atoms with van der Waals surface area (Å²) in [7, 11) is 1.68. The lowest BCUT2D eigenvalue weighted by Crippen LogP contribution is -2.28. The molecule has 0 aliphatic carbocycles. The molecule has 1 aliphatic heterocycles. The fourth-order valence-electron chi connectivity index (χ4n) is 2.90. The molecule has 2 atom stereocenters. The Bertz CT molecular complexity index is 649. The first-order valence-corrected chi connectivity index (χ1v) is 8.29. The Morgan fingerprint density at radius 2 is 1.67 bits per heavy atom. The highest BCUT2D eigenvalue weighted by molar-refractivity contribution is 5.47. The highest BCUT2D eigenvalue weighted by Crippen LogP contribution is 2.39. The molecule has 3 rings (SSSR count). The standard InChI is InChI=1S/C20H25NO3/c1-20(2,3)23-19-14-18(15-10-12-17(22-4)13-11-15)21(24-19)16-8-6-5-7-9-16/h5-13,18-19H,14H2,1-4H3/t18-,19+/m0/s1.